The summed E-state index contributed by atoms with van der Waals surface area (Å²) < 4.78 is 10.9. The summed E-state index contributed by atoms with van der Waals surface area (Å²) in [6.07, 6.45) is 5.84. The first-order chi connectivity index (χ1) is 12.4. The van der Waals surface area contributed by atoms with Crippen molar-refractivity contribution in [2.24, 2.45) is 0 Å². The van der Waals surface area contributed by atoms with Crippen molar-refractivity contribution in [1.29, 1.82) is 0 Å². The minimum Gasteiger partial charge on any atom is -0.462 e. The molecule has 0 fully saturated rings. The Labute approximate surface area is 158 Å². The van der Waals surface area contributed by atoms with Crippen LogP contribution in [0.2, 0.25) is 0 Å². The maximum absolute atomic E-state index is 12.7. The van der Waals surface area contributed by atoms with Gasteiger partial charge in [-0.25, -0.2) is 9.59 Å². The van der Waals surface area contributed by atoms with Crippen LogP contribution in [0.3, 0.4) is 0 Å². The van der Waals surface area contributed by atoms with Crippen LogP contribution >= 0.6 is 0 Å². The average molecular weight is 363 g/mol. The predicted molar refractivity (Wildman–Crippen MR) is 105 cm³/mol. The van der Waals surface area contributed by atoms with Crippen LogP contribution in [0, 0.1) is 27.7 Å². The van der Waals surface area contributed by atoms with Gasteiger partial charge in [-0.3, -0.25) is 0 Å². The Morgan fingerprint density at radius 2 is 0.962 bits per heavy atom. The van der Waals surface area contributed by atoms with E-state index in [1.807, 2.05) is 27.7 Å². The second-order valence-corrected chi connectivity index (χ2v) is 6.94. The molecule has 0 unspecified atom stereocenters. The van der Waals surface area contributed by atoms with E-state index in [-0.39, 0.29) is 0 Å². The van der Waals surface area contributed by atoms with Crippen LogP contribution in [0.15, 0.2) is 0 Å². The molecule has 0 spiro atoms. The van der Waals surface area contributed by atoms with Crippen LogP contribution in [0.1, 0.15) is 95.3 Å². The molecule has 0 saturated heterocycles. The van der Waals surface area contributed by atoms with Crippen molar-refractivity contribution in [2.75, 3.05) is 13.2 Å². The van der Waals surface area contributed by atoms with Gasteiger partial charge in [-0.1, -0.05) is 39.5 Å². The van der Waals surface area contributed by atoms with Crippen molar-refractivity contribution < 1.29 is 19.1 Å². The quantitative estimate of drug-likeness (QED) is 0.401. The average Bonchev–Trinajstić information content (AvgIpc) is 2.63. The third-order valence-corrected chi connectivity index (χ3v) is 5.06. The Kier molecular flexibility index (Phi) is 9.39. The molecule has 0 aromatic heterocycles. The zero-order valence-corrected chi connectivity index (χ0v) is 17.3. The van der Waals surface area contributed by atoms with Crippen LogP contribution in [0.25, 0.3) is 0 Å². The molecule has 146 valence electrons. The lowest BCUT2D eigenvalue weighted by Crippen LogP contribution is -2.20. The van der Waals surface area contributed by atoms with Crippen molar-refractivity contribution in [3.8, 4) is 0 Å². The minimum atomic E-state index is -0.426. The van der Waals surface area contributed by atoms with Gasteiger partial charge in [0.15, 0.2) is 0 Å². The van der Waals surface area contributed by atoms with Gasteiger partial charge in [0.1, 0.15) is 0 Å². The summed E-state index contributed by atoms with van der Waals surface area (Å²) in [5.41, 5.74) is 4.37. The zero-order chi connectivity index (χ0) is 19.7. The number of unbranched alkanes of at least 4 members (excludes halogenated alkanes) is 4. The summed E-state index contributed by atoms with van der Waals surface area (Å²) in [5, 5.41) is 0. The fourth-order valence-corrected chi connectivity index (χ4v) is 3.00. The van der Waals surface area contributed by atoms with Crippen molar-refractivity contribution in [3.05, 3.63) is 33.4 Å². The highest BCUT2D eigenvalue weighted by atomic mass is 16.5. The molecule has 0 radical (unpaired) electrons. The molecule has 1 aromatic carbocycles. The summed E-state index contributed by atoms with van der Waals surface area (Å²) in [7, 11) is 0. The number of ether oxygens (including phenoxy) is 2. The number of hydrogen-bond donors (Lipinski definition) is 0. The van der Waals surface area contributed by atoms with Crippen molar-refractivity contribution >= 4 is 11.9 Å². The van der Waals surface area contributed by atoms with E-state index in [9.17, 15) is 9.59 Å². The molecule has 0 aliphatic rings. The van der Waals surface area contributed by atoms with Crippen LogP contribution < -0.4 is 0 Å². The largest absolute Gasteiger partial charge is 0.462 e. The highest BCUT2D eigenvalue weighted by Crippen LogP contribution is 2.28. The molecule has 0 N–H and O–H groups in total. The lowest BCUT2D eigenvalue weighted by Gasteiger charge is -2.19. The first kappa shape index (κ1) is 22.2. The molecule has 4 heteroatoms. The number of rotatable bonds is 10. The molecule has 0 bridgehead atoms. The lowest BCUT2D eigenvalue weighted by molar-refractivity contribution is 0.0449. The van der Waals surface area contributed by atoms with Gasteiger partial charge in [0, 0.05) is 0 Å². The smallest absolute Gasteiger partial charge is 0.339 e. The molecule has 0 heterocycles. The number of esters is 2. The summed E-state index contributed by atoms with van der Waals surface area (Å²) in [4.78, 5) is 25.4. The zero-order valence-electron chi connectivity index (χ0n) is 17.3. The molecule has 0 atom stereocenters. The van der Waals surface area contributed by atoms with E-state index in [0.29, 0.717) is 24.3 Å². The van der Waals surface area contributed by atoms with Gasteiger partial charge in [-0.15, -0.1) is 0 Å². The van der Waals surface area contributed by atoms with E-state index < -0.39 is 11.9 Å². The number of carbonyl (C=O) groups is 2. The third-order valence-electron chi connectivity index (χ3n) is 5.06. The molecule has 0 aliphatic carbocycles. The van der Waals surface area contributed by atoms with Gasteiger partial charge in [0.05, 0.1) is 24.3 Å². The van der Waals surface area contributed by atoms with E-state index in [4.69, 9.17) is 9.47 Å². The highest BCUT2D eigenvalue weighted by molar-refractivity contribution is 6.05. The maximum atomic E-state index is 12.7. The molecule has 0 amide bonds. The van der Waals surface area contributed by atoms with E-state index in [1.54, 1.807) is 0 Å². The highest BCUT2D eigenvalue weighted by Gasteiger charge is 2.27. The lowest BCUT2D eigenvalue weighted by atomic mass is 9.89. The Morgan fingerprint density at radius 1 is 0.615 bits per heavy atom. The summed E-state index contributed by atoms with van der Waals surface area (Å²) >= 11 is 0. The van der Waals surface area contributed by atoms with Crippen molar-refractivity contribution in [2.45, 2.75) is 80.1 Å². The molecule has 0 aliphatic heterocycles. The SMILES string of the molecule is CCCCCOC(=O)c1c(C)c(C)c(C)c(C)c1C(=O)OCCCCC. The minimum absolute atomic E-state index is 0.364. The van der Waals surface area contributed by atoms with Crippen molar-refractivity contribution in [1.82, 2.24) is 0 Å². The summed E-state index contributed by atoms with van der Waals surface area (Å²) in [6, 6.07) is 0. The maximum Gasteiger partial charge on any atom is 0.339 e. The fourth-order valence-electron chi connectivity index (χ4n) is 3.00. The third kappa shape index (κ3) is 5.58. The standard InChI is InChI=1S/C22H34O4/c1-7-9-11-13-25-21(23)19-17(5)15(3)16(4)18(6)20(19)22(24)26-14-12-10-8-2/h7-14H2,1-6H3. The van der Waals surface area contributed by atoms with Crippen molar-refractivity contribution in [3.63, 3.8) is 0 Å². The first-order valence-electron chi connectivity index (χ1n) is 9.81. The Morgan fingerprint density at radius 3 is 1.27 bits per heavy atom. The Balaban J connectivity index is 3.13. The monoisotopic (exact) mass is 362 g/mol. The number of carbonyl (C=O) groups excluding carboxylic acids is 2. The molecule has 0 saturated carbocycles. The van der Waals surface area contributed by atoms with E-state index in [1.165, 1.54) is 0 Å². The Bertz CT molecular complexity index is 577. The normalized spacial score (nSPS) is 10.7. The number of hydrogen-bond acceptors (Lipinski definition) is 4. The first-order valence-corrected chi connectivity index (χ1v) is 9.81. The van der Waals surface area contributed by atoms with E-state index in [0.717, 1.165) is 60.8 Å². The van der Waals surface area contributed by atoms with Gasteiger partial charge in [0.2, 0.25) is 0 Å². The van der Waals surface area contributed by atoms with Crippen LogP contribution in [0.5, 0.6) is 0 Å². The van der Waals surface area contributed by atoms with Gasteiger partial charge in [-0.2, -0.15) is 0 Å². The van der Waals surface area contributed by atoms with E-state index in [2.05, 4.69) is 13.8 Å². The second kappa shape index (κ2) is 11.0. The van der Waals surface area contributed by atoms with Gasteiger partial charge in [-0.05, 0) is 62.8 Å². The topological polar surface area (TPSA) is 52.6 Å². The Hall–Kier alpha value is -1.84. The van der Waals surface area contributed by atoms with Gasteiger partial charge < -0.3 is 9.47 Å². The van der Waals surface area contributed by atoms with Crippen LogP contribution in [0.4, 0.5) is 0 Å². The summed E-state index contributed by atoms with van der Waals surface area (Å²) in [5.74, 6) is -0.851. The van der Waals surface area contributed by atoms with Gasteiger partial charge >= 0.3 is 11.9 Å². The van der Waals surface area contributed by atoms with E-state index >= 15 is 0 Å². The predicted octanol–water partition coefficient (Wildman–Crippen LogP) is 5.61. The molecule has 4 nitrogen and oxygen atoms in total. The molecular formula is C22H34O4. The van der Waals surface area contributed by atoms with Crippen LogP contribution in [-0.2, 0) is 9.47 Å². The van der Waals surface area contributed by atoms with Gasteiger partial charge in [0.25, 0.3) is 0 Å². The summed E-state index contributed by atoms with van der Waals surface area (Å²) in [6.45, 7) is 12.7. The number of benzene rings is 1. The second-order valence-electron chi connectivity index (χ2n) is 6.94. The molecule has 26 heavy (non-hydrogen) atoms. The molecule has 1 aromatic rings. The fraction of sp³-hybridized carbons (Fsp3) is 0.636. The molecule has 1 rings (SSSR count). The molecular weight excluding hydrogens is 328 g/mol. The van der Waals surface area contributed by atoms with Crippen LogP contribution in [-0.4, -0.2) is 25.2 Å².